The van der Waals surface area contributed by atoms with Crippen molar-refractivity contribution in [1.82, 2.24) is 34.6 Å². The number of hydrogen-bond donors (Lipinski definition) is 4. The number of carbonyl (C=O) groups is 4. The van der Waals surface area contributed by atoms with E-state index in [-0.39, 0.29) is 107 Å². The number of likely N-dealkylation sites (tertiary alicyclic amines) is 2. The highest BCUT2D eigenvalue weighted by Gasteiger charge is 2.43. The van der Waals surface area contributed by atoms with Gasteiger partial charge in [-0.2, -0.15) is 4.99 Å². The number of piperidine rings is 1. The number of aromatic amines is 1. The van der Waals surface area contributed by atoms with Crippen LogP contribution in [0.15, 0.2) is 77.8 Å². The number of aromatic nitrogens is 4. The largest absolute Gasteiger partial charge is 0.471 e. The van der Waals surface area contributed by atoms with Crippen molar-refractivity contribution in [2.24, 2.45) is 4.99 Å². The predicted octanol–water partition coefficient (Wildman–Crippen LogP) is 10.0. The Morgan fingerprint density at radius 1 is 0.776 bits per heavy atom. The molecule has 0 unspecified atom stereocenters. The van der Waals surface area contributed by atoms with E-state index in [0.29, 0.717) is 50.0 Å². The number of fused-ring (bicyclic) bond motifs is 2. The van der Waals surface area contributed by atoms with Crippen molar-refractivity contribution in [2.45, 2.75) is 114 Å². The molecule has 0 spiro atoms. The zero-order valence-electron chi connectivity index (χ0n) is 47.2. The van der Waals surface area contributed by atoms with Crippen molar-refractivity contribution in [3.05, 3.63) is 130 Å². The number of halogens is 5. The second-order valence-corrected chi connectivity index (χ2v) is 23.0. The molecular formula is C58H64F5N10O11P. The summed E-state index contributed by atoms with van der Waals surface area (Å²) in [7, 11) is -1.52. The predicted molar refractivity (Wildman–Crippen MR) is 301 cm³/mol. The number of anilines is 2. The molecule has 10 rings (SSSR count). The van der Waals surface area contributed by atoms with Gasteiger partial charge in [0.15, 0.2) is 11.6 Å². The molecular weight excluding hydrogens is 1140 g/mol. The average molecular weight is 1200 g/mol. The number of aliphatic imine (C=N–C) groups is 1. The van der Waals surface area contributed by atoms with Gasteiger partial charge < -0.3 is 58.5 Å². The minimum absolute atomic E-state index is 0.00406. The highest BCUT2D eigenvalue weighted by atomic mass is 31.2. The van der Waals surface area contributed by atoms with E-state index in [9.17, 15) is 37.9 Å². The van der Waals surface area contributed by atoms with E-state index in [1.54, 1.807) is 33.8 Å². The second kappa shape index (κ2) is 24.7. The van der Waals surface area contributed by atoms with Gasteiger partial charge in [0.1, 0.15) is 53.3 Å². The SMILES string of the molecule is C=C(C)/C(=N\C(=O)OC)C(=O)N1CCC[C@H]1c1nc2cc([C@H]3CC[C@H](c4cc5[nH]c([C@@H]6CCCN6C(=O)[C@@H](NC(=O)OC)[C@@H](C)OC)nc5cc4F)N3c3cc(F)c(N4CCC(c5ccc(F)cc5)CC4)c(F)c3)c(F)cc2n1COP(=O)(O)O. The molecule has 6 atom stereocenters. The van der Waals surface area contributed by atoms with Crippen LogP contribution in [0, 0.1) is 29.1 Å². The summed E-state index contributed by atoms with van der Waals surface area (Å²) in [6.45, 7) is 7.02. The third-order valence-corrected chi connectivity index (χ3v) is 17.1. The van der Waals surface area contributed by atoms with Gasteiger partial charge >= 0.3 is 20.0 Å². The highest BCUT2D eigenvalue weighted by Crippen LogP contribution is 2.51. The Morgan fingerprint density at radius 2 is 1.41 bits per heavy atom. The summed E-state index contributed by atoms with van der Waals surface area (Å²) in [4.78, 5) is 95.2. The van der Waals surface area contributed by atoms with E-state index in [2.05, 4.69) is 26.6 Å². The van der Waals surface area contributed by atoms with Gasteiger partial charge in [0.05, 0.1) is 66.6 Å². The van der Waals surface area contributed by atoms with E-state index in [1.807, 2.05) is 0 Å². The molecule has 0 aliphatic carbocycles. The van der Waals surface area contributed by atoms with Gasteiger partial charge in [-0.3, -0.25) is 14.1 Å². The van der Waals surface area contributed by atoms with Crippen LogP contribution in [-0.2, 0) is 39.6 Å². The molecule has 2 aromatic heterocycles. The Morgan fingerprint density at radius 3 is 2.04 bits per heavy atom. The molecule has 4 N–H and O–H groups in total. The summed E-state index contributed by atoms with van der Waals surface area (Å²) >= 11 is 0. The van der Waals surface area contributed by atoms with Gasteiger partial charge in [-0.1, -0.05) is 18.7 Å². The fourth-order valence-electron chi connectivity index (χ4n) is 12.5. The summed E-state index contributed by atoms with van der Waals surface area (Å²) in [5.74, 6) is -4.66. The first-order chi connectivity index (χ1) is 40.6. The number of carbonyl (C=O) groups excluding carboxylic acids is 4. The number of phosphoric acid groups is 1. The first-order valence-corrected chi connectivity index (χ1v) is 29.3. The van der Waals surface area contributed by atoms with Crippen LogP contribution >= 0.6 is 7.82 Å². The Balaban J connectivity index is 1.04. The average Bonchev–Trinajstić information content (AvgIpc) is 2.06. The minimum Gasteiger partial charge on any atom is -0.453 e. The third kappa shape index (κ3) is 12.2. The Hall–Kier alpha value is -7.77. The summed E-state index contributed by atoms with van der Waals surface area (Å²) < 4.78 is 115. The first-order valence-electron chi connectivity index (χ1n) is 27.8. The fourth-order valence-corrected chi connectivity index (χ4v) is 12.7. The lowest BCUT2D eigenvalue weighted by molar-refractivity contribution is -0.137. The molecule has 27 heteroatoms. The van der Waals surface area contributed by atoms with E-state index < -0.39 is 98.1 Å². The van der Waals surface area contributed by atoms with Crippen molar-refractivity contribution < 1.29 is 74.2 Å². The van der Waals surface area contributed by atoms with Gasteiger partial charge in [-0.25, -0.2) is 46.1 Å². The molecule has 0 radical (unpaired) electrons. The number of H-pyrrole nitrogens is 1. The number of ether oxygens (including phenoxy) is 3. The maximum atomic E-state index is 17.4. The Bertz CT molecular complexity index is 3640. The van der Waals surface area contributed by atoms with E-state index in [1.165, 1.54) is 60.9 Å². The molecule has 21 nitrogen and oxygen atoms in total. The number of phosphoric ester groups is 1. The van der Waals surface area contributed by atoms with Crippen LogP contribution in [0.25, 0.3) is 22.1 Å². The Labute approximate surface area is 485 Å². The molecule has 4 aromatic carbocycles. The highest BCUT2D eigenvalue weighted by molar-refractivity contribution is 7.46. The number of hydrogen-bond acceptors (Lipinski definition) is 13. The van der Waals surface area contributed by atoms with Crippen LogP contribution in [0.1, 0.15) is 124 Å². The number of rotatable bonds is 16. The van der Waals surface area contributed by atoms with Crippen LogP contribution in [-0.4, -0.2) is 128 Å². The normalized spacial score (nSPS) is 20.4. The monoisotopic (exact) mass is 1200 g/mol. The van der Waals surface area contributed by atoms with Gasteiger partial charge in [0, 0.05) is 62.2 Å². The number of nitrogens with one attached hydrogen (secondary N) is 2. The molecule has 0 saturated carbocycles. The molecule has 4 aliphatic heterocycles. The van der Waals surface area contributed by atoms with Crippen LogP contribution in [0.4, 0.5) is 42.9 Å². The number of amides is 4. The molecule has 4 fully saturated rings. The fraction of sp³-hybridized carbons (Fsp3) is 0.431. The molecule has 4 saturated heterocycles. The maximum Gasteiger partial charge on any atom is 0.471 e. The molecule has 0 bridgehead atoms. The van der Waals surface area contributed by atoms with Gasteiger partial charge in [-0.05, 0) is 119 Å². The first kappa shape index (κ1) is 60.4. The second-order valence-electron chi connectivity index (χ2n) is 21.7. The number of imidazole rings is 2. The Kier molecular flexibility index (Phi) is 17.5. The number of benzene rings is 4. The zero-order valence-corrected chi connectivity index (χ0v) is 48.1. The van der Waals surface area contributed by atoms with Crippen molar-refractivity contribution in [3.8, 4) is 0 Å². The van der Waals surface area contributed by atoms with Gasteiger partial charge in [0.25, 0.3) is 5.91 Å². The van der Waals surface area contributed by atoms with E-state index >= 15 is 17.6 Å². The van der Waals surface area contributed by atoms with Gasteiger partial charge in [0.2, 0.25) is 5.91 Å². The summed E-state index contributed by atoms with van der Waals surface area (Å²) in [5.41, 5.74) is 1.05. The lowest BCUT2D eigenvalue weighted by Crippen LogP contribution is -2.54. The summed E-state index contributed by atoms with van der Waals surface area (Å²) in [6, 6.07) is 8.85. The lowest BCUT2D eigenvalue weighted by Gasteiger charge is -2.36. The summed E-state index contributed by atoms with van der Waals surface area (Å²) in [6.07, 6.45) is 0.303. The molecule has 85 heavy (non-hydrogen) atoms. The van der Waals surface area contributed by atoms with E-state index in [4.69, 9.17) is 24.0 Å². The molecule has 4 aliphatic rings. The quantitative estimate of drug-likeness (QED) is 0.0400. The lowest BCUT2D eigenvalue weighted by atomic mass is 9.89. The van der Waals surface area contributed by atoms with Crippen LogP contribution in [0.2, 0.25) is 0 Å². The zero-order chi connectivity index (χ0) is 60.8. The van der Waals surface area contributed by atoms with Crippen molar-refractivity contribution in [2.75, 3.05) is 57.3 Å². The van der Waals surface area contributed by atoms with E-state index in [0.717, 1.165) is 30.9 Å². The minimum atomic E-state index is -5.18. The van der Waals surface area contributed by atoms with Crippen LogP contribution in [0.3, 0.4) is 0 Å². The third-order valence-electron chi connectivity index (χ3n) is 16.6. The van der Waals surface area contributed by atoms with Crippen molar-refractivity contribution >= 4 is 71.0 Å². The number of nitrogens with zero attached hydrogens (tertiary/aromatic N) is 8. The maximum absolute atomic E-state index is 17.4. The summed E-state index contributed by atoms with van der Waals surface area (Å²) in [5, 5.41) is 2.55. The van der Waals surface area contributed by atoms with Crippen LogP contribution < -0.4 is 15.1 Å². The molecule has 6 heterocycles. The molecule has 6 aromatic rings. The van der Waals surface area contributed by atoms with Crippen molar-refractivity contribution in [1.29, 1.82) is 0 Å². The van der Waals surface area contributed by atoms with Crippen LogP contribution in [0.5, 0.6) is 0 Å². The topological polar surface area (TPSA) is 247 Å². The smallest absolute Gasteiger partial charge is 0.453 e. The number of alkyl carbamates (subject to hydrolysis) is 1. The molecule has 452 valence electrons. The standard InChI is InChI=1S/C58H64F5N10O11P/c1-30(2)50(67-57(76)82-5)55(74)71-20-8-10-48(71)54-66-44-26-37(39(61)28-49(44)72(54)29-84-85(78,79)80)46-16-15-45(73(46)35-23-40(62)52(41(63)24-35)69-21-17-33(18-22-69)32-11-13-34(59)14-12-32)36-25-42-43(27-38(36)60)65-53(64-42)47-9-7-19-70(47)56(75)51(31(3)81-4)68-58(77)83-6/h11-14,23-28,31,33,45-48,51H,1,7-10,15-22,29H2,2-6H3,(H,64,65)(H,68,77)(H2,78,79,80)/b67-50+/t31-,45-,46-,47+,48+,51+/m1/s1. The van der Waals surface area contributed by atoms with Crippen molar-refractivity contribution in [3.63, 3.8) is 0 Å². The molecule has 4 amide bonds. The van der Waals surface area contributed by atoms with Gasteiger partial charge in [-0.15, -0.1) is 0 Å². The number of methoxy groups -OCH3 is 3.